The Balaban J connectivity index is 1.27. The summed E-state index contributed by atoms with van der Waals surface area (Å²) in [5, 5.41) is 2.87. The number of para-hydroxylation sites is 1. The normalized spacial score (nSPS) is 22.5. The molecule has 2 atom stereocenters. The standard InChI is InChI=1S/C25H26FN5O3/c1-28-16-18(23(32)30-13-11-29(12-14-30)20-10-6-5-9-19(20)26)21-22(28)24(33)31(25(34)27-21)15-17-7-3-2-4-8-17/h2-10,16,21-22H,11-15H2,1H3,(H,27,34). The molecule has 9 heteroatoms. The van der Waals surface area contributed by atoms with Crippen molar-refractivity contribution in [3.8, 4) is 0 Å². The van der Waals surface area contributed by atoms with Crippen LogP contribution in [0.2, 0.25) is 0 Å². The lowest BCUT2D eigenvalue weighted by Crippen LogP contribution is -2.65. The molecule has 3 aliphatic heterocycles. The van der Waals surface area contributed by atoms with Crippen molar-refractivity contribution in [2.24, 2.45) is 0 Å². The van der Waals surface area contributed by atoms with E-state index in [-0.39, 0.29) is 24.2 Å². The number of carbonyl (C=O) groups excluding carboxylic acids is 3. The Hall–Kier alpha value is -3.88. The molecule has 0 aliphatic carbocycles. The van der Waals surface area contributed by atoms with Gasteiger partial charge in [0.05, 0.1) is 23.8 Å². The largest absolute Gasteiger partial charge is 0.366 e. The Morgan fingerprint density at radius 2 is 1.68 bits per heavy atom. The first-order valence-electron chi connectivity index (χ1n) is 11.3. The van der Waals surface area contributed by atoms with Gasteiger partial charge in [0.15, 0.2) is 0 Å². The number of halogens is 1. The van der Waals surface area contributed by atoms with Crippen molar-refractivity contribution in [2.75, 3.05) is 38.1 Å². The molecule has 3 heterocycles. The van der Waals surface area contributed by atoms with Crippen LogP contribution < -0.4 is 10.2 Å². The van der Waals surface area contributed by atoms with Crippen LogP contribution in [-0.2, 0) is 16.1 Å². The average molecular weight is 464 g/mol. The van der Waals surface area contributed by atoms with Crippen molar-refractivity contribution in [2.45, 2.75) is 18.6 Å². The van der Waals surface area contributed by atoms with E-state index in [0.29, 0.717) is 37.4 Å². The maximum absolute atomic E-state index is 14.1. The monoisotopic (exact) mass is 463 g/mol. The van der Waals surface area contributed by atoms with E-state index in [1.54, 1.807) is 41.2 Å². The quantitative estimate of drug-likeness (QED) is 0.749. The van der Waals surface area contributed by atoms with E-state index in [1.807, 2.05) is 35.2 Å². The van der Waals surface area contributed by atoms with Crippen molar-refractivity contribution in [3.63, 3.8) is 0 Å². The first kappa shape index (κ1) is 21.9. The van der Waals surface area contributed by atoms with Crippen LogP contribution in [0.25, 0.3) is 0 Å². The number of piperazine rings is 1. The van der Waals surface area contributed by atoms with Gasteiger partial charge in [-0.1, -0.05) is 42.5 Å². The van der Waals surface area contributed by atoms with Gasteiger partial charge < -0.3 is 20.0 Å². The molecule has 0 bridgehead atoms. The zero-order valence-electron chi connectivity index (χ0n) is 18.9. The van der Waals surface area contributed by atoms with Gasteiger partial charge in [-0.2, -0.15) is 0 Å². The molecule has 0 radical (unpaired) electrons. The molecule has 8 nitrogen and oxygen atoms in total. The molecule has 0 aromatic heterocycles. The van der Waals surface area contributed by atoms with Gasteiger partial charge in [-0.3, -0.25) is 14.5 Å². The van der Waals surface area contributed by atoms with Crippen LogP contribution in [0.4, 0.5) is 14.9 Å². The van der Waals surface area contributed by atoms with Gasteiger partial charge >= 0.3 is 6.03 Å². The Morgan fingerprint density at radius 1 is 1.00 bits per heavy atom. The minimum atomic E-state index is -0.700. The summed E-state index contributed by atoms with van der Waals surface area (Å²) in [7, 11) is 1.74. The number of carbonyl (C=O) groups is 3. The molecule has 34 heavy (non-hydrogen) atoms. The molecule has 0 spiro atoms. The van der Waals surface area contributed by atoms with E-state index in [4.69, 9.17) is 0 Å². The molecule has 0 saturated carbocycles. The van der Waals surface area contributed by atoms with E-state index in [0.717, 1.165) is 5.56 Å². The van der Waals surface area contributed by atoms with Gasteiger partial charge in [0.1, 0.15) is 11.9 Å². The highest BCUT2D eigenvalue weighted by Crippen LogP contribution is 2.29. The Labute approximate surface area is 197 Å². The van der Waals surface area contributed by atoms with E-state index in [9.17, 15) is 18.8 Å². The molecule has 4 amide bonds. The number of hydrogen-bond acceptors (Lipinski definition) is 5. The van der Waals surface area contributed by atoms with Gasteiger partial charge in [0.2, 0.25) is 0 Å². The molecule has 1 N–H and O–H groups in total. The average Bonchev–Trinajstić information content (AvgIpc) is 3.18. The number of amides is 4. The highest BCUT2D eigenvalue weighted by molar-refractivity contribution is 6.05. The van der Waals surface area contributed by atoms with Crippen molar-refractivity contribution in [1.29, 1.82) is 0 Å². The van der Waals surface area contributed by atoms with Crippen LogP contribution in [0, 0.1) is 5.82 Å². The fraction of sp³-hybridized carbons (Fsp3) is 0.320. The predicted molar refractivity (Wildman–Crippen MR) is 124 cm³/mol. The third kappa shape index (κ3) is 3.87. The highest BCUT2D eigenvalue weighted by Gasteiger charge is 2.49. The first-order chi connectivity index (χ1) is 16.4. The van der Waals surface area contributed by atoms with Crippen LogP contribution in [0.15, 0.2) is 66.4 Å². The van der Waals surface area contributed by atoms with Crippen LogP contribution in [0.1, 0.15) is 5.56 Å². The fourth-order valence-electron chi connectivity index (χ4n) is 4.87. The highest BCUT2D eigenvalue weighted by atomic mass is 19.1. The molecule has 2 aromatic carbocycles. The van der Waals surface area contributed by atoms with Gasteiger partial charge in [0, 0.05) is 39.4 Å². The molecule has 2 fully saturated rings. The lowest BCUT2D eigenvalue weighted by atomic mass is 9.98. The molecule has 2 unspecified atom stereocenters. The van der Waals surface area contributed by atoms with Crippen LogP contribution in [0.3, 0.4) is 0 Å². The number of anilines is 1. The fourth-order valence-corrected chi connectivity index (χ4v) is 4.87. The number of fused-ring (bicyclic) bond motifs is 1. The SMILES string of the molecule is CN1C=C(C(=O)N2CCN(c3ccccc3F)CC2)C2NC(=O)N(Cc3ccccc3)C(=O)C21. The Morgan fingerprint density at radius 3 is 2.38 bits per heavy atom. The van der Waals surface area contributed by atoms with Crippen molar-refractivity contribution in [1.82, 2.24) is 20.0 Å². The van der Waals surface area contributed by atoms with Gasteiger partial charge in [-0.05, 0) is 17.7 Å². The molecule has 176 valence electrons. The summed E-state index contributed by atoms with van der Waals surface area (Å²) >= 11 is 0. The minimum absolute atomic E-state index is 0.170. The third-order valence-corrected chi connectivity index (χ3v) is 6.67. The van der Waals surface area contributed by atoms with E-state index >= 15 is 0 Å². The van der Waals surface area contributed by atoms with E-state index in [1.165, 1.54) is 11.0 Å². The molecule has 2 aromatic rings. The molecular weight excluding hydrogens is 437 g/mol. The molecule has 5 rings (SSSR count). The first-order valence-corrected chi connectivity index (χ1v) is 11.3. The summed E-state index contributed by atoms with van der Waals surface area (Å²) in [6, 6.07) is 14.0. The summed E-state index contributed by atoms with van der Waals surface area (Å²) < 4.78 is 14.1. The van der Waals surface area contributed by atoms with E-state index < -0.39 is 18.1 Å². The van der Waals surface area contributed by atoms with Crippen LogP contribution in [-0.4, -0.2) is 77.9 Å². The second-order valence-electron chi connectivity index (χ2n) is 8.76. The maximum atomic E-state index is 14.1. The zero-order valence-corrected chi connectivity index (χ0v) is 18.9. The number of nitrogens with one attached hydrogen (secondary N) is 1. The van der Waals surface area contributed by atoms with Crippen molar-refractivity contribution in [3.05, 3.63) is 77.8 Å². The maximum Gasteiger partial charge on any atom is 0.325 e. The number of likely N-dealkylation sites (N-methyl/N-ethyl adjacent to an activating group) is 1. The molecule has 3 aliphatic rings. The summed E-state index contributed by atoms with van der Waals surface area (Å²) in [6.07, 6.45) is 1.66. The predicted octanol–water partition coefficient (Wildman–Crippen LogP) is 1.79. The van der Waals surface area contributed by atoms with Gasteiger partial charge in [-0.25, -0.2) is 9.18 Å². The number of rotatable bonds is 4. The second kappa shape index (κ2) is 8.81. The van der Waals surface area contributed by atoms with E-state index in [2.05, 4.69) is 5.32 Å². The van der Waals surface area contributed by atoms with Gasteiger partial charge in [0.25, 0.3) is 11.8 Å². The summed E-state index contributed by atoms with van der Waals surface area (Å²) in [4.78, 5) is 45.9. The summed E-state index contributed by atoms with van der Waals surface area (Å²) in [5.74, 6) is -0.825. The smallest absolute Gasteiger partial charge is 0.325 e. The van der Waals surface area contributed by atoms with Crippen molar-refractivity contribution >= 4 is 23.5 Å². The Kier molecular flexibility index (Phi) is 5.69. The number of urea groups is 1. The third-order valence-electron chi connectivity index (χ3n) is 6.67. The topological polar surface area (TPSA) is 76.2 Å². The number of hydrogen-bond donors (Lipinski definition) is 1. The summed E-state index contributed by atoms with van der Waals surface area (Å²) in [6.45, 7) is 2.02. The zero-order chi connectivity index (χ0) is 23.8. The summed E-state index contributed by atoms with van der Waals surface area (Å²) in [5.41, 5.74) is 1.77. The van der Waals surface area contributed by atoms with Crippen molar-refractivity contribution < 1.29 is 18.8 Å². The Bertz CT molecular complexity index is 1150. The minimum Gasteiger partial charge on any atom is -0.366 e. The van der Waals surface area contributed by atoms with Gasteiger partial charge in [-0.15, -0.1) is 0 Å². The lowest BCUT2D eigenvalue weighted by Gasteiger charge is -2.39. The van der Waals surface area contributed by atoms with Crippen LogP contribution >= 0.6 is 0 Å². The number of imide groups is 1. The second-order valence-corrected chi connectivity index (χ2v) is 8.76. The molecular formula is C25H26FN5O3. The number of nitrogens with zero attached hydrogens (tertiary/aromatic N) is 4. The van der Waals surface area contributed by atoms with Crippen LogP contribution in [0.5, 0.6) is 0 Å². The molecule has 2 saturated heterocycles. The number of benzene rings is 2. The lowest BCUT2D eigenvalue weighted by molar-refractivity contribution is -0.135.